The summed E-state index contributed by atoms with van der Waals surface area (Å²) in [6, 6.07) is 3.49. The number of aromatic nitrogens is 3. The molecule has 2 aromatic heterocycles. The van der Waals surface area contributed by atoms with Gasteiger partial charge in [-0.15, -0.1) is 0 Å². The van der Waals surface area contributed by atoms with Crippen molar-refractivity contribution in [2.24, 2.45) is 5.92 Å². The van der Waals surface area contributed by atoms with Gasteiger partial charge in [-0.3, -0.25) is 14.6 Å². The first-order valence-corrected chi connectivity index (χ1v) is 8.97. The summed E-state index contributed by atoms with van der Waals surface area (Å²) in [6.07, 6.45) is 3.94. The Morgan fingerprint density at radius 3 is 2.89 bits per heavy atom. The van der Waals surface area contributed by atoms with Crippen molar-refractivity contribution >= 4 is 11.8 Å². The Hall–Kier alpha value is -2.81. The Kier molecular flexibility index (Phi) is 4.85. The van der Waals surface area contributed by atoms with Crippen LogP contribution in [0, 0.1) is 5.92 Å². The zero-order chi connectivity index (χ0) is 18.8. The van der Waals surface area contributed by atoms with Crippen LogP contribution in [0.4, 0.5) is 0 Å². The molecule has 27 heavy (non-hydrogen) atoms. The van der Waals surface area contributed by atoms with Crippen LogP contribution in [0.3, 0.4) is 0 Å². The van der Waals surface area contributed by atoms with E-state index in [1.54, 1.807) is 41.4 Å². The molecular formula is C18H21N5O4. The van der Waals surface area contributed by atoms with Crippen molar-refractivity contribution in [3.05, 3.63) is 30.4 Å². The summed E-state index contributed by atoms with van der Waals surface area (Å²) in [6.45, 7) is 1.71. The zero-order valence-electron chi connectivity index (χ0n) is 15.1. The maximum absolute atomic E-state index is 12.7. The Morgan fingerprint density at radius 2 is 2.07 bits per heavy atom. The smallest absolute Gasteiger partial charge is 0.229 e. The molecule has 9 heteroatoms. The molecule has 2 saturated heterocycles. The summed E-state index contributed by atoms with van der Waals surface area (Å²) >= 11 is 0. The van der Waals surface area contributed by atoms with Crippen molar-refractivity contribution in [2.45, 2.75) is 18.9 Å². The van der Waals surface area contributed by atoms with Crippen molar-refractivity contribution in [3.63, 3.8) is 0 Å². The molecule has 2 aliphatic heterocycles. The van der Waals surface area contributed by atoms with E-state index in [0.29, 0.717) is 44.4 Å². The van der Waals surface area contributed by atoms with Gasteiger partial charge in [0.25, 0.3) is 0 Å². The van der Waals surface area contributed by atoms with E-state index in [0.717, 1.165) is 5.56 Å². The van der Waals surface area contributed by atoms with Crippen molar-refractivity contribution in [3.8, 4) is 11.4 Å². The van der Waals surface area contributed by atoms with Crippen LogP contribution in [0.25, 0.3) is 11.4 Å². The van der Waals surface area contributed by atoms with E-state index in [9.17, 15) is 9.59 Å². The molecule has 2 aromatic rings. The van der Waals surface area contributed by atoms with Gasteiger partial charge in [-0.05, 0) is 12.1 Å². The van der Waals surface area contributed by atoms with E-state index in [1.165, 1.54) is 0 Å². The number of ether oxygens (including phenoxy) is 1. The van der Waals surface area contributed by atoms with Gasteiger partial charge in [-0.1, -0.05) is 5.16 Å². The van der Waals surface area contributed by atoms with Crippen molar-refractivity contribution in [1.29, 1.82) is 0 Å². The van der Waals surface area contributed by atoms with Crippen molar-refractivity contribution < 1.29 is 18.8 Å². The number of nitrogens with zero attached hydrogens (tertiary/aromatic N) is 5. The summed E-state index contributed by atoms with van der Waals surface area (Å²) < 4.78 is 10.8. The predicted octanol–water partition coefficient (Wildman–Crippen LogP) is 0.380. The first kappa shape index (κ1) is 17.6. The first-order valence-electron chi connectivity index (χ1n) is 8.97. The van der Waals surface area contributed by atoms with E-state index >= 15 is 0 Å². The molecule has 0 unspecified atom stereocenters. The Morgan fingerprint density at radius 1 is 1.26 bits per heavy atom. The zero-order valence-corrected chi connectivity index (χ0v) is 15.1. The molecule has 0 spiro atoms. The van der Waals surface area contributed by atoms with E-state index < -0.39 is 0 Å². The molecule has 2 fully saturated rings. The summed E-state index contributed by atoms with van der Waals surface area (Å²) in [5.74, 6) is 0.633. The second-order valence-corrected chi connectivity index (χ2v) is 6.88. The molecule has 142 valence electrons. The number of pyridine rings is 1. The number of carbonyl (C=O) groups excluding carboxylic acids is 2. The van der Waals surface area contributed by atoms with Gasteiger partial charge in [0.1, 0.15) is 0 Å². The molecule has 2 aliphatic rings. The number of hydrogen-bond donors (Lipinski definition) is 0. The van der Waals surface area contributed by atoms with Gasteiger partial charge in [-0.2, -0.15) is 4.98 Å². The molecule has 4 heterocycles. The van der Waals surface area contributed by atoms with Gasteiger partial charge in [0.2, 0.25) is 23.5 Å². The summed E-state index contributed by atoms with van der Waals surface area (Å²) in [5, 5.41) is 3.95. The van der Waals surface area contributed by atoms with E-state index in [1.807, 2.05) is 0 Å². The highest BCUT2D eigenvalue weighted by Crippen LogP contribution is 2.21. The molecular weight excluding hydrogens is 350 g/mol. The van der Waals surface area contributed by atoms with E-state index in [-0.39, 0.29) is 30.2 Å². The number of fused-ring (bicyclic) bond motifs is 3. The van der Waals surface area contributed by atoms with Crippen LogP contribution in [-0.2, 0) is 20.7 Å². The highest BCUT2D eigenvalue weighted by atomic mass is 16.5. The van der Waals surface area contributed by atoms with Crippen LogP contribution in [0.5, 0.6) is 0 Å². The Balaban J connectivity index is 1.38. The lowest BCUT2D eigenvalue weighted by Crippen LogP contribution is -2.45. The van der Waals surface area contributed by atoms with Crippen LogP contribution >= 0.6 is 0 Å². The fraction of sp³-hybridized carbons (Fsp3) is 0.500. The lowest BCUT2D eigenvalue weighted by molar-refractivity contribution is -0.134. The number of hydrogen-bond acceptors (Lipinski definition) is 7. The highest BCUT2D eigenvalue weighted by molar-refractivity contribution is 5.82. The minimum atomic E-state index is -0.298. The highest BCUT2D eigenvalue weighted by Gasteiger charge is 2.38. The molecule has 2 bridgehead atoms. The van der Waals surface area contributed by atoms with Gasteiger partial charge < -0.3 is 19.1 Å². The van der Waals surface area contributed by atoms with Crippen LogP contribution < -0.4 is 0 Å². The number of aryl methyl sites for hydroxylation is 1. The first-order chi connectivity index (χ1) is 13.1. The van der Waals surface area contributed by atoms with Crippen molar-refractivity contribution in [1.82, 2.24) is 24.9 Å². The van der Waals surface area contributed by atoms with Gasteiger partial charge in [0.15, 0.2) is 0 Å². The fourth-order valence-electron chi connectivity index (χ4n) is 3.45. The monoisotopic (exact) mass is 371 g/mol. The number of carbonyl (C=O) groups is 2. The second kappa shape index (κ2) is 7.43. The minimum Gasteiger partial charge on any atom is -0.378 e. The summed E-state index contributed by atoms with van der Waals surface area (Å²) in [5.41, 5.74) is 0.813. The van der Waals surface area contributed by atoms with Crippen LogP contribution in [-0.4, -0.2) is 76.1 Å². The third kappa shape index (κ3) is 3.68. The van der Waals surface area contributed by atoms with Crippen LogP contribution in [0.15, 0.2) is 29.0 Å². The van der Waals surface area contributed by atoms with Crippen molar-refractivity contribution in [2.75, 3.05) is 33.4 Å². The normalized spacial score (nSPS) is 22.6. The standard InChI is InChI=1S/C18H21N5O4/c1-22-14-9-23(8-13(18(22)25)10-26-11-14)16(24)3-2-15-20-17(21-27-15)12-4-6-19-7-5-12/h4-7,13-14H,2-3,8-11H2,1H3/t13-,14+/m1/s1. The SMILES string of the molecule is CN1C(=O)[C@H]2COC[C@@H]1CN(C(=O)CCc1nc(-c3ccncc3)no1)C2. The van der Waals surface area contributed by atoms with Gasteiger partial charge >= 0.3 is 0 Å². The third-order valence-electron chi connectivity index (χ3n) is 5.06. The molecule has 0 radical (unpaired) electrons. The van der Waals surface area contributed by atoms with E-state index in [4.69, 9.17) is 9.26 Å². The third-order valence-corrected chi connectivity index (χ3v) is 5.06. The fourth-order valence-corrected chi connectivity index (χ4v) is 3.45. The molecule has 0 N–H and O–H groups in total. The van der Waals surface area contributed by atoms with E-state index in [2.05, 4.69) is 15.1 Å². The predicted molar refractivity (Wildman–Crippen MR) is 93.3 cm³/mol. The number of rotatable bonds is 4. The average molecular weight is 371 g/mol. The van der Waals surface area contributed by atoms with Gasteiger partial charge in [0.05, 0.1) is 25.2 Å². The molecule has 9 nitrogen and oxygen atoms in total. The molecule has 0 saturated carbocycles. The summed E-state index contributed by atoms with van der Waals surface area (Å²) in [4.78, 5) is 36.9. The molecule has 4 rings (SSSR count). The lowest BCUT2D eigenvalue weighted by Gasteiger charge is -2.29. The number of likely N-dealkylation sites (N-methyl/N-ethyl adjacent to an activating group) is 1. The largest absolute Gasteiger partial charge is 0.378 e. The molecule has 0 aromatic carbocycles. The topological polar surface area (TPSA) is 102 Å². The molecule has 2 atom stereocenters. The molecule has 0 aliphatic carbocycles. The lowest BCUT2D eigenvalue weighted by atomic mass is 10.1. The van der Waals surface area contributed by atoms with Gasteiger partial charge in [-0.25, -0.2) is 0 Å². The Bertz CT molecular complexity index is 824. The van der Waals surface area contributed by atoms with Gasteiger partial charge in [0, 0.05) is 50.9 Å². The van der Waals surface area contributed by atoms with Crippen LogP contribution in [0.1, 0.15) is 12.3 Å². The quantitative estimate of drug-likeness (QED) is 0.766. The number of amides is 2. The minimum absolute atomic E-state index is 0.0151. The summed E-state index contributed by atoms with van der Waals surface area (Å²) in [7, 11) is 1.78. The van der Waals surface area contributed by atoms with Crippen LogP contribution in [0.2, 0.25) is 0 Å². The maximum Gasteiger partial charge on any atom is 0.229 e. The maximum atomic E-state index is 12.7. The average Bonchev–Trinajstić information content (AvgIpc) is 3.06. The Labute approximate surface area is 156 Å². The second-order valence-electron chi connectivity index (χ2n) is 6.88. The molecule has 2 amide bonds.